The van der Waals surface area contributed by atoms with Crippen molar-refractivity contribution in [2.24, 2.45) is 5.92 Å². The van der Waals surface area contributed by atoms with E-state index in [1.165, 1.54) is 18.2 Å². The zero-order valence-electron chi connectivity index (χ0n) is 15.2. The molecule has 0 aliphatic carbocycles. The van der Waals surface area contributed by atoms with Crippen molar-refractivity contribution >= 4 is 29.0 Å². The van der Waals surface area contributed by atoms with Crippen molar-refractivity contribution in [1.82, 2.24) is 0 Å². The number of aryl methyl sites for hydroxylation is 1. The lowest BCUT2D eigenvalue weighted by molar-refractivity contribution is -0.384. The molecule has 3 rings (SSSR count). The highest BCUT2D eigenvalue weighted by atomic mass is 16.6. The van der Waals surface area contributed by atoms with Crippen LogP contribution in [-0.4, -0.2) is 35.7 Å². The minimum absolute atomic E-state index is 0.0121. The number of para-hydroxylation sites is 1. The van der Waals surface area contributed by atoms with Crippen molar-refractivity contribution in [1.29, 1.82) is 0 Å². The number of ether oxygens (including phenoxy) is 1. The van der Waals surface area contributed by atoms with Crippen LogP contribution in [-0.2, 0) is 14.3 Å². The molecule has 28 heavy (non-hydrogen) atoms. The molecule has 8 heteroatoms. The van der Waals surface area contributed by atoms with Crippen LogP contribution in [0, 0.1) is 23.0 Å². The van der Waals surface area contributed by atoms with Crippen molar-refractivity contribution in [2.75, 3.05) is 18.1 Å². The molecule has 0 spiro atoms. The number of rotatable bonds is 6. The third-order valence-electron chi connectivity index (χ3n) is 4.59. The van der Waals surface area contributed by atoms with Gasteiger partial charge in [0.25, 0.3) is 5.69 Å². The maximum Gasteiger partial charge on any atom is 0.311 e. The Morgan fingerprint density at radius 2 is 1.96 bits per heavy atom. The number of carbonyl (C=O) groups excluding carboxylic acids is 3. The molecule has 1 aliphatic rings. The van der Waals surface area contributed by atoms with Gasteiger partial charge in [-0.25, -0.2) is 0 Å². The third-order valence-corrected chi connectivity index (χ3v) is 4.59. The molecule has 2 aromatic carbocycles. The van der Waals surface area contributed by atoms with Crippen LogP contribution in [0.4, 0.5) is 11.4 Å². The average Bonchev–Trinajstić information content (AvgIpc) is 3.08. The average molecular weight is 382 g/mol. The van der Waals surface area contributed by atoms with E-state index >= 15 is 0 Å². The number of ketones is 1. The van der Waals surface area contributed by atoms with Crippen molar-refractivity contribution in [2.45, 2.75) is 13.3 Å². The van der Waals surface area contributed by atoms with E-state index in [1.54, 1.807) is 4.90 Å². The SMILES string of the molecule is Cc1ccccc1N1C[C@@H](C(=O)OCC(=O)c2cccc([N+](=O)[O-])c2)CC1=O. The molecule has 1 aliphatic heterocycles. The van der Waals surface area contributed by atoms with Crippen LogP contribution in [0.25, 0.3) is 0 Å². The summed E-state index contributed by atoms with van der Waals surface area (Å²) in [5.41, 5.74) is 1.54. The Balaban J connectivity index is 1.60. The van der Waals surface area contributed by atoms with Crippen LogP contribution < -0.4 is 4.90 Å². The van der Waals surface area contributed by atoms with Crippen LogP contribution in [0.1, 0.15) is 22.3 Å². The van der Waals surface area contributed by atoms with Gasteiger partial charge in [0.05, 0.1) is 10.8 Å². The van der Waals surface area contributed by atoms with E-state index in [2.05, 4.69) is 0 Å². The Labute approximate surface area is 160 Å². The fourth-order valence-corrected chi connectivity index (χ4v) is 3.10. The first kappa shape index (κ1) is 19.2. The molecular weight excluding hydrogens is 364 g/mol. The summed E-state index contributed by atoms with van der Waals surface area (Å²) in [6, 6.07) is 12.6. The number of amides is 1. The van der Waals surface area contributed by atoms with Gasteiger partial charge in [-0.05, 0) is 18.6 Å². The molecule has 1 amide bonds. The second-order valence-corrected chi connectivity index (χ2v) is 6.53. The molecular formula is C20H18N2O6. The molecule has 1 atom stereocenters. The topological polar surface area (TPSA) is 107 Å². The van der Waals surface area contributed by atoms with Crippen LogP contribution >= 0.6 is 0 Å². The maximum absolute atomic E-state index is 12.3. The minimum Gasteiger partial charge on any atom is -0.457 e. The van der Waals surface area contributed by atoms with E-state index in [1.807, 2.05) is 31.2 Å². The summed E-state index contributed by atoms with van der Waals surface area (Å²) in [6.07, 6.45) is 0.0121. The van der Waals surface area contributed by atoms with E-state index in [0.717, 1.165) is 17.3 Å². The molecule has 1 fully saturated rings. The molecule has 0 saturated carbocycles. The Morgan fingerprint density at radius 3 is 2.68 bits per heavy atom. The van der Waals surface area contributed by atoms with Gasteiger partial charge in [0.2, 0.25) is 11.7 Å². The largest absolute Gasteiger partial charge is 0.457 e. The van der Waals surface area contributed by atoms with Gasteiger partial charge < -0.3 is 9.64 Å². The number of hydrogen-bond acceptors (Lipinski definition) is 6. The van der Waals surface area contributed by atoms with Crippen molar-refractivity contribution in [3.8, 4) is 0 Å². The Kier molecular flexibility index (Phi) is 5.49. The summed E-state index contributed by atoms with van der Waals surface area (Å²) in [7, 11) is 0. The predicted molar refractivity (Wildman–Crippen MR) is 100 cm³/mol. The highest BCUT2D eigenvalue weighted by Crippen LogP contribution is 2.28. The van der Waals surface area contributed by atoms with Crippen molar-refractivity contribution < 1.29 is 24.0 Å². The van der Waals surface area contributed by atoms with Crippen molar-refractivity contribution in [3.63, 3.8) is 0 Å². The second-order valence-electron chi connectivity index (χ2n) is 6.53. The first-order chi connectivity index (χ1) is 13.4. The molecule has 0 unspecified atom stereocenters. The van der Waals surface area contributed by atoms with Crippen molar-refractivity contribution in [3.05, 3.63) is 69.8 Å². The maximum atomic E-state index is 12.3. The quantitative estimate of drug-likeness (QED) is 0.329. The van der Waals surface area contributed by atoms with Crippen LogP contribution in [0.3, 0.4) is 0 Å². The lowest BCUT2D eigenvalue weighted by Crippen LogP contribution is -2.27. The molecule has 1 saturated heterocycles. The number of nitrogens with zero attached hydrogens (tertiary/aromatic N) is 2. The summed E-state index contributed by atoms with van der Waals surface area (Å²) in [5.74, 6) is -2.02. The lowest BCUT2D eigenvalue weighted by Gasteiger charge is -2.18. The molecule has 0 aromatic heterocycles. The van der Waals surface area contributed by atoms with Gasteiger partial charge in [-0.15, -0.1) is 0 Å². The number of Topliss-reactive ketones (excluding diaryl/α,β-unsaturated/α-hetero) is 1. The first-order valence-corrected chi connectivity index (χ1v) is 8.67. The fourth-order valence-electron chi connectivity index (χ4n) is 3.10. The van der Waals surface area contributed by atoms with Gasteiger partial charge in [0.1, 0.15) is 0 Å². The summed E-state index contributed by atoms with van der Waals surface area (Å²) in [6.45, 7) is 1.54. The highest BCUT2D eigenvalue weighted by molar-refractivity contribution is 6.01. The number of benzene rings is 2. The summed E-state index contributed by atoms with van der Waals surface area (Å²) in [4.78, 5) is 48.5. The Hall–Kier alpha value is -3.55. The normalized spacial score (nSPS) is 16.1. The van der Waals surface area contributed by atoms with E-state index < -0.39 is 29.2 Å². The summed E-state index contributed by atoms with van der Waals surface area (Å²) >= 11 is 0. The van der Waals surface area contributed by atoms with E-state index in [0.29, 0.717) is 0 Å². The standard InChI is InChI=1S/C20H18N2O6/c1-13-5-2-3-8-17(13)21-11-15(10-19(21)24)20(25)28-12-18(23)14-6-4-7-16(9-14)22(26)27/h2-9,15H,10-12H2,1H3/t15-/m0/s1. The number of hydrogen-bond donors (Lipinski definition) is 0. The van der Waals surface area contributed by atoms with E-state index in [9.17, 15) is 24.5 Å². The second kappa shape index (κ2) is 7.99. The molecule has 2 aromatic rings. The summed E-state index contributed by atoms with van der Waals surface area (Å²) in [5, 5.41) is 10.8. The van der Waals surface area contributed by atoms with Gasteiger partial charge in [0, 0.05) is 36.3 Å². The monoisotopic (exact) mass is 382 g/mol. The summed E-state index contributed by atoms with van der Waals surface area (Å²) < 4.78 is 5.07. The zero-order valence-corrected chi connectivity index (χ0v) is 15.2. The first-order valence-electron chi connectivity index (χ1n) is 8.67. The number of carbonyl (C=O) groups is 3. The van der Waals surface area contributed by atoms with Crippen LogP contribution in [0.2, 0.25) is 0 Å². The molecule has 8 nitrogen and oxygen atoms in total. The number of esters is 1. The minimum atomic E-state index is -0.662. The zero-order chi connectivity index (χ0) is 20.3. The Morgan fingerprint density at radius 1 is 1.21 bits per heavy atom. The Bertz CT molecular complexity index is 955. The highest BCUT2D eigenvalue weighted by Gasteiger charge is 2.36. The van der Waals surface area contributed by atoms with Gasteiger partial charge >= 0.3 is 5.97 Å². The molecule has 144 valence electrons. The fraction of sp³-hybridized carbons (Fsp3) is 0.250. The van der Waals surface area contributed by atoms with Gasteiger partial charge in [0.15, 0.2) is 6.61 Å². The number of nitro groups is 1. The van der Waals surface area contributed by atoms with E-state index in [4.69, 9.17) is 4.74 Å². The van der Waals surface area contributed by atoms with Crippen LogP contribution in [0.5, 0.6) is 0 Å². The predicted octanol–water partition coefficient (Wildman–Crippen LogP) is 2.68. The number of nitro benzene ring substituents is 1. The van der Waals surface area contributed by atoms with Gasteiger partial charge in [-0.1, -0.05) is 30.3 Å². The molecule has 0 radical (unpaired) electrons. The lowest BCUT2D eigenvalue weighted by atomic mass is 10.1. The molecule has 1 heterocycles. The third kappa shape index (κ3) is 4.06. The number of non-ortho nitro benzene ring substituents is 1. The number of anilines is 1. The smallest absolute Gasteiger partial charge is 0.311 e. The van der Waals surface area contributed by atoms with E-state index in [-0.39, 0.29) is 30.1 Å². The van der Waals surface area contributed by atoms with Gasteiger partial charge in [-0.2, -0.15) is 0 Å². The molecule has 0 N–H and O–H groups in total. The van der Waals surface area contributed by atoms with Gasteiger partial charge in [-0.3, -0.25) is 24.5 Å². The van der Waals surface area contributed by atoms with Crippen LogP contribution in [0.15, 0.2) is 48.5 Å². The molecule has 0 bridgehead atoms.